The van der Waals surface area contributed by atoms with Crippen LogP contribution in [0.3, 0.4) is 0 Å². The van der Waals surface area contributed by atoms with Gasteiger partial charge in [-0.1, -0.05) is 55.3 Å². The van der Waals surface area contributed by atoms with E-state index in [4.69, 9.17) is 5.11 Å². The first kappa shape index (κ1) is 17.9. The molecular formula is C20H22O4. The Labute approximate surface area is 141 Å². The Morgan fingerprint density at radius 3 is 2.21 bits per heavy atom. The molecule has 2 N–H and O–H groups in total. The van der Waals surface area contributed by atoms with E-state index in [1.165, 1.54) is 6.07 Å². The van der Waals surface area contributed by atoms with E-state index in [0.717, 1.165) is 31.2 Å². The fourth-order valence-corrected chi connectivity index (χ4v) is 2.77. The second kappa shape index (κ2) is 8.99. The molecule has 4 nitrogen and oxygen atoms in total. The third kappa shape index (κ3) is 4.52. The van der Waals surface area contributed by atoms with Crippen molar-refractivity contribution in [1.29, 1.82) is 0 Å². The van der Waals surface area contributed by atoms with Gasteiger partial charge < -0.3 is 10.2 Å². The number of aliphatic hydroxyl groups excluding tert-OH is 1. The number of hydrogen-bond acceptors (Lipinski definition) is 3. The third-order valence-electron chi connectivity index (χ3n) is 4.00. The summed E-state index contributed by atoms with van der Waals surface area (Å²) in [5, 5.41) is 18.3. The number of aromatic carboxylic acids is 1. The molecule has 126 valence electrons. The van der Waals surface area contributed by atoms with Crippen LogP contribution in [0.1, 0.15) is 57.5 Å². The number of hydrogen-bond donors (Lipinski definition) is 2. The van der Waals surface area contributed by atoms with Crippen LogP contribution in [0.15, 0.2) is 48.5 Å². The molecule has 0 aliphatic heterocycles. The average molecular weight is 326 g/mol. The summed E-state index contributed by atoms with van der Waals surface area (Å²) in [4.78, 5) is 24.4. The number of carboxylic acid groups (broad SMARTS) is 1. The molecule has 0 atom stereocenters. The SMILES string of the molecule is O=C(O)c1cccc(CCCCCCO)c1C(=O)c1ccccc1. The maximum atomic E-state index is 12.8. The Bertz CT molecular complexity index is 692. The lowest BCUT2D eigenvalue weighted by Crippen LogP contribution is -2.13. The van der Waals surface area contributed by atoms with E-state index in [-0.39, 0.29) is 18.0 Å². The van der Waals surface area contributed by atoms with Gasteiger partial charge in [-0.3, -0.25) is 4.79 Å². The van der Waals surface area contributed by atoms with Crippen LogP contribution in [-0.2, 0) is 6.42 Å². The van der Waals surface area contributed by atoms with E-state index in [2.05, 4.69) is 0 Å². The lowest BCUT2D eigenvalue weighted by Gasteiger charge is -2.12. The molecule has 0 unspecified atom stereocenters. The summed E-state index contributed by atoms with van der Waals surface area (Å²) in [5.74, 6) is -1.34. The number of carbonyl (C=O) groups excluding carboxylic acids is 1. The maximum Gasteiger partial charge on any atom is 0.336 e. The lowest BCUT2D eigenvalue weighted by atomic mass is 9.91. The molecule has 2 rings (SSSR count). The fourth-order valence-electron chi connectivity index (χ4n) is 2.77. The molecule has 0 spiro atoms. The molecule has 24 heavy (non-hydrogen) atoms. The van der Waals surface area contributed by atoms with Crippen molar-refractivity contribution in [3.8, 4) is 0 Å². The van der Waals surface area contributed by atoms with Gasteiger partial charge in [-0.25, -0.2) is 4.79 Å². The fraction of sp³-hybridized carbons (Fsp3) is 0.300. The van der Waals surface area contributed by atoms with Gasteiger partial charge in [0.25, 0.3) is 0 Å². The molecule has 0 aromatic heterocycles. The van der Waals surface area contributed by atoms with Crippen molar-refractivity contribution >= 4 is 11.8 Å². The first-order valence-electron chi connectivity index (χ1n) is 8.21. The molecule has 0 aliphatic rings. The van der Waals surface area contributed by atoms with Gasteiger partial charge in [0.15, 0.2) is 5.78 Å². The van der Waals surface area contributed by atoms with Crippen LogP contribution >= 0.6 is 0 Å². The van der Waals surface area contributed by atoms with Crippen molar-refractivity contribution in [3.63, 3.8) is 0 Å². The number of unbranched alkanes of at least 4 members (excludes halogenated alkanes) is 3. The highest BCUT2D eigenvalue weighted by Crippen LogP contribution is 2.22. The van der Waals surface area contributed by atoms with Gasteiger partial charge in [-0.15, -0.1) is 0 Å². The number of aryl methyl sites for hydroxylation is 1. The van der Waals surface area contributed by atoms with E-state index in [1.54, 1.807) is 30.3 Å². The summed E-state index contributed by atoms with van der Waals surface area (Å²) in [6.07, 6.45) is 4.15. The van der Waals surface area contributed by atoms with E-state index >= 15 is 0 Å². The second-order valence-electron chi connectivity index (χ2n) is 5.73. The Morgan fingerprint density at radius 1 is 0.833 bits per heavy atom. The summed E-state index contributed by atoms with van der Waals surface area (Å²) < 4.78 is 0. The highest BCUT2D eigenvalue weighted by molar-refractivity contribution is 6.15. The molecule has 0 fully saturated rings. The van der Waals surface area contributed by atoms with Crippen molar-refractivity contribution < 1.29 is 19.8 Å². The Morgan fingerprint density at radius 2 is 1.54 bits per heavy atom. The van der Waals surface area contributed by atoms with E-state index in [0.29, 0.717) is 17.5 Å². The van der Waals surface area contributed by atoms with Crippen LogP contribution in [0.5, 0.6) is 0 Å². The van der Waals surface area contributed by atoms with E-state index in [1.807, 2.05) is 12.1 Å². The van der Waals surface area contributed by atoms with Gasteiger partial charge in [0.1, 0.15) is 0 Å². The molecule has 0 saturated carbocycles. The van der Waals surface area contributed by atoms with Crippen LogP contribution in [0.4, 0.5) is 0 Å². The largest absolute Gasteiger partial charge is 0.478 e. The van der Waals surface area contributed by atoms with Crippen LogP contribution in [-0.4, -0.2) is 28.6 Å². The van der Waals surface area contributed by atoms with Crippen LogP contribution in [0.25, 0.3) is 0 Å². The molecule has 0 aliphatic carbocycles. The maximum absolute atomic E-state index is 12.8. The van der Waals surface area contributed by atoms with Gasteiger partial charge in [-0.05, 0) is 30.9 Å². The molecule has 0 radical (unpaired) electrons. The first-order chi connectivity index (χ1) is 11.6. The average Bonchev–Trinajstić information content (AvgIpc) is 2.61. The Balaban J connectivity index is 2.29. The standard InChI is InChI=1S/C20H22O4/c21-14-7-2-1-4-9-15-12-8-13-17(20(23)24)18(15)19(22)16-10-5-3-6-11-16/h3,5-6,8,10-13,21H,1-2,4,7,9,14H2,(H,23,24). The third-order valence-corrected chi connectivity index (χ3v) is 4.00. The smallest absolute Gasteiger partial charge is 0.336 e. The Kier molecular flexibility index (Phi) is 6.70. The van der Waals surface area contributed by atoms with Crippen LogP contribution in [0.2, 0.25) is 0 Å². The predicted molar refractivity (Wildman–Crippen MR) is 92.5 cm³/mol. The molecule has 0 saturated heterocycles. The summed E-state index contributed by atoms with van der Waals surface area (Å²) in [6.45, 7) is 0.187. The quantitative estimate of drug-likeness (QED) is 0.544. The number of ketones is 1. The van der Waals surface area contributed by atoms with Crippen LogP contribution in [0, 0.1) is 0 Å². The number of aliphatic hydroxyl groups is 1. The zero-order valence-corrected chi connectivity index (χ0v) is 13.6. The van der Waals surface area contributed by atoms with Crippen molar-refractivity contribution in [2.45, 2.75) is 32.1 Å². The molecule has 0 heterocycles. The number of carboxylic acids is 1. The van der Waals surface area contributed by atoms with E-state index in [9.17, 15) is 14.7 Å². The summed E-state index contributed by atoms with van der Waals surface area (Å²) in [6, 6.07) is 13.8. The second-order valence-corrected chi connectivity index (χ2v) is 5.73. The van der Waals surface area contributed by atoms with Crippen molar-refractivity contribution in [2.75, 3.05) is 6.61 Å². The van der Waals surface area contributed by atoms with Crippen LogP contribution < -0.4 is 0 Å². The van der Waals surface area contributed by atoms with Gasteiger partial charge in [0.05, 0.1) is 5.56 Å². The van der Waals surface area contributed by atoms with Gasteiger partial charge >= 0.3 is 5.97 Å². The number of carbonyl (C=O) groups is 2. The molecule has 2 aromatic rings. The zero-order chi connectivity index (χ0) is 17.4. The predicted octanol–water partition coefficient (Wildman–Crippen LogP) is 3.71. The zero-order valence-electron chi connectivity index (χ0n) is 13.6. The normalized spacial score (nSPS) is 10.5. The topological polar surface area (TPSA) is 74.6 Å². The van der Waals surface area contributed by atoms with Crippen molar-refractivity contribution in [3.05, 3.63) is 70.8 Å². The first-order valence-corrected chi connectivity index (χ1v) is 8.21. The molecule has 0 amide bonds. The van der Waals surface area contributed by atoms with Gasteiger partial charge in [0.2, 0.25) is 0 Å². The molecular weight excluding hydrogens is 304 g/mol. The molecule has 0 bridgehead atoms. The molecule has 2 aromatic carbocycles. The number of rotatable bonds is 9. The lowest BCUT2D eigenvalue weighted by molar-refractivity contribution is 0.0692. The van der Waals surface area contributed by atoms with Gasteiger partial charge in [-0.2, -0.15) is 0 Å². The molecule has 4 heteroatoms. The monoisotopic (exact) mass is 326 g/mol. The van der Waals surface area contributed by atoms with Crippen molar-refractivity contribution in [2.24, 2.45) is 0 Å². The highest BCUT2D eigenvalue weighted by Gasteiger charge is 2.21. The summed E-state index contributed by atoms with van der Waals surface area (Å²) in [5.41, 5.74) is 1.61. The van der Waals surface area contributed by atoms with Crippen molar-refractivity contribution in [1.82, 2.24) is 0 Å². The number of benzene rings is 2. The Hall–Kier alpha value is -2.46. The minimum Gasteiger partial charge on any atom is -0.478 e. The minimum absolute atomic E-state index is 0.0525. The summed E-state index contributed by atoms with van der Waals surface area (Å²) >= 11 is 0. The van der Waals surface area contributed by atoms with E-state index < -0.39 is 5.97 Å². The van der Waals surface area contributed by atoms with Gasteiger partial charge in [0, 0.05) is 17.7 Å². The highest BCUT2D eigenvalue weighted by atomic mass is 16.4. The minimum atomic E-state index is -1.09. The summed E-state index contributed by atoms with van der Waals surface area (Å²) in [7, 11) is 0.